The summed E-state index contributed by atoms with van der Waals surface area (Å²) in [7, 11) is 3.49. The third kappa shape index (κ3) is 4.76. The maximum Gasteiger partial charge on any atom is 0.229 e. The quantitative estimate of drug-likeness (QED) is 0.902. The van der Waals surface area contributed by atoms with Crippen molar-refractivity contribution in [2.24, 2.45) is 0 Å². The van der Waals surface area contributed by atoms with Crippen LogP contribution in [0.15, 0.2) is 18.2 Å². The van der Waals surface area contributed by atoms with E-state index in [1.165, 1.54) is 6.07 Å². The van der Waals surface area contributed by atoms with E-state index >= 15 is 0 Å². The first-order chi connectivity index (χ1) is 8.47. The maximum absolute atomic E-state index is 13.1. The average molecular weight is 293 g/mol. The number of benzene rings is 1. The average Bonchev–Trinajstić information content (AvgIpc) is 2.37. The van der Waals surface area contributed by atoms with Gasteiger partial charge in [-0.25, -0.2) is 8.78 Å². The summed E-state index contributed by atoms with van der Waals surface area (Å²) in [6, 6.07) is 3.55. The van der Waals surface area contributed by atoms with Gasteiger partial charge in [0.25, 0.3) is 0 Å². The molecule has 3 nitrogen and oxygen atoms in total. The summed E-state index contributed by atoms with van der Waals surface area (Å²) in [4.78, 5) is 13.6. The molecular formula is C13H19ClF2N2O. The standard InChI is InChI=1S/C13H18F2N2O.ClH/c1-9(13(18)17(3)7-6-16-2)10-4-5-11(14)12(15)8-10;/h4-5,8-9,16H,6-7H2,1-3H3;1H. The Morgan fingerprint density at radius 2 is 2.00 bits per heavy atom. The first-order valence-corrected chi connectivity index (χ1v) is 5.82. The molecule has 6 heteroatoms. The van der Waals surface area contributed by atoms with E-state index in [0.29, 0.717) is 18.7 Å². The minimum absolute atomic E-state index is 0. The van der Waals surface area contributed by atoms with Crippen LogP contribution < -0.4 is 5.32 Å². The first kappa shape index (κ1) is 17.8. The van der Waals surface area contributed by atoms with Gasteiger partial charge in [-0.05, 0) is 31.7 Å². The van der Waals surface area contributed by atoms with Gasteiger partial charge < -0.3 is 10.2 Å². The van der Waals surface area contributed by atoms with Crippen molar-refractivity contribution in [3.05, 3.63) is 35.4 Å². The van der Waals surface area contributed by atoms with Crippen LogP contribution in [-0.4, -0.2) is 38.0 Å². The third-order valence-electron chi connectivity index (χ3n) is 2.89. The molecular weight excluding hydrogens is 274 g/mol. The number of amides is 1. The van der Waals surface area contributed by atoms with E-state index in [9.17, 15) is 13.6 Å². The van der Waals surface area contributed by atoms with Crippen molar-refractivity contribution >= 4 is 18.3 Å². The fourth-order valence-corrected chi connectivity index (χ4v) is 1.64. The number of nitrogens with one attached hydrogen (secondary N) is 1. The van der Waals surface area contributed by atoms with E-state index in [-0.39, 0.29) is 18.3 Å². The lowest BCUT2D eigenvalue weighted by Crippen LogP contribution is -2.35. The highest BCUT2D eigenvalue weighted by molar-refractivity contribution is 5.85. The molecule has 0 aliphatic heterocycles. The monoisotopic (exact) mass is 292 g/mol. The topological polar surface area (TPSA) is 32.3 Å². The molecule has 1 rings (SSSR count). The number of halogens is 3. The summed E-state index contributed by atoms with van der Waals surface area (Å²) >= 11 is 0. The largest absolute Gasteiger partial charge is 0.344 e. The van der Waals surface area contributed by atoms with Gasteiger partial charge in [0.2, 0.25) is 5.91 Å². The number of rotatable bonds is 5. The molecule has 0 radical (unpaired) electrons. The van der Waals surface area contributed by atoms with Crippen molar-refractivity contribution in [2.45, 2.75) is 12.8 Å². The van der Waals surface area contributed by atoms with Crippen LogP contribution in [0, 0.1) is 11.6 Å². The molecule has 0 spiro atoms. The van der Waals surface area contributed by atoms with Gasteiger partial charge in [-0.3, -0.25) is 4.79 Å². The Morgan fingerprint density at radius 3 is 2.53 bits per heavy atom. The number of hydrogen-bond donors (Lipinski definition) is 1. The van der Waals surface area contributed by atoms with Crippen molar-refractivity contribution in [1.82, 2.24) is 10.2 Å². The minimum atomic E-state index is -0.926. The zero-order chi connectivity index (χ0) is 13.7. The maximum atomic E-state index is 13.1. The van der Waals surface area contributed by atoms with Gasteiger partial charge in [0.15, 0.2) is 11.6 Å². The molecule has 1 unspecified atom stereocenters. The molecule has 1 aromatic rings. The zero-order valence-corrected chi connectivity index (χ0v) is 12.1. The van der Waals surface area contributed by atoms with E-state index < -0.39 is 17.6 Å². The van der Waals surface area contributed by atoms with Crippen LogP contribution in [0.1, 0.15) is 18.4 Å². The van der Waals surface area contributed by atoms with Crippen LogP contribution in [0.2, 0.25) is 0 Å². The van der Waals surface area contributed by atoms with Crippen molar-refractivity contribution in [3.8, 4) is 0 Å². The van der Waals surface area contributed by atoms with Crippen molar-refractivity contribution in [2.75, 3.05) is 27.2 Å². The normalized spacial score (nSPS) is 11.6. The summed E-state index contributed by atoms with van der Waals surface area (Å²) in [6.07, 6.45) is 0. The first-order valence-electron chi connectivity index (χ1n) is 5.82. The Labute approximate surface area is 118 Å². The predicted octanol–water partition coefficient (Wildman–Crippen LogP) is 2.17. The molecule has 0 saturated carbocycles. The lowest BCUT2D eigenvalue weighted by Gasteiger charge is -2.21. The summed E-state index contributed by atoms with van der Waals surface area (Å²) in [5, 5.41) is 2.95. The van der Waals surface area contributed by atoms with Gasteiger partial charge in [-0.15, -0.1) is 12.4 Å². The lowest BCUT2D eigenvalue weighted by atomic mass is 9.99. The van der Waals surface area contributed by atoms with Gasteiger partial charge in [-0.2, -0.15) is 0 Å². The molecule has 0 bridgehead atoms. The fourth-order valence-electron chi connectivity index (χ4n) is 1.64. The molecule has 1 aromatic carbocycles. The molecule has 0 fully saturated rings. The van der Waals surface area contributed by atoms with Gasteiger partial charge in [-0.1, -0.05) is 6.07 Å². The molecule has 0 saturated heterocycles. The summed E-state index contributed by atoms with van der Waals surface area (Å²) in [6.45, 7) is 2.95. The number of hydrogen-bond acceptors (Lipinski definition) is 2. The minimum Gasteiger partial charge on any atom is -0.344 e. The van der Waals surface area contributed by atoms with Gasteiger partial charge in [0, 0.05) is 20.1 Å². The molecule has 19 heavy (non-hydrogen) atoms. The molecule has 0 aliphatic carbocycles. The third-order valence-corrected chi connectivity index (χ3v) is 2.89. The predicted molar refractivity (Wildman–Crippen MR) is 73.6 cm³/mol. The highest BCUT2D eigenvalue weighted by Gasteiger charge is 2.20. The molecule has 108 valence electrons. The fraction of sp³-hybridized carbons (Fsp3) is 0.462. The van der Waals surface area contributed by atoms with Crippen LogP contribution in [-0.2, 0) is 4.79 Å². The van der Waals surface area contributed by atoms with Crippen molar-refractivity contribution in [3.63, 3.8) is 0 Å². The second-order valence-corrected chi connectivity index (χ2v) is 4.26. The number of carbonyl (C=O) groups excluding carboxylic acids is 1. The lowest BCUT2D eigenvalue weighted by molar-refractivity contribution is -0.131. The Hall–Kier alpha value is -1.20. The van der Waals surface area contributed by atoms with Gasteiger partial charge >= 0.3 is 0 Å². The van der Waals surface area contributed by atoms with Gasteiger partial charge in [0.05, 0.1) is 5.92 Å². The molecule has 0 aliphatic rings. The molecule has 0 aromatic heterocycles. The summed E-state index contributed by atoms with van der Waals surface area (Å²) in [5.74, 6) is -2.43. The van der Waals surface area contributed by atoms with Crippen LogP contribution in [0.25, 0.3) is 0 Å². The second-order valence-electron chi connectivity index (χ2n) is 4.26. The van der Waals surface area contributed by atoms with Crippen LogP contribution in [0.5, 0.6) is 0 Å². The molecule has 1 N–H and O–H groups in total. The Balaban J connectivity index is 0.00000324. The number of carbonyl (C=O) groups is 1. The Bertz CT molecular complexity index is 429. The van der Waals surface area contributed by atoms with Crippen LogP contribution >= 0.6 is 12.4 Å². The van der Waals surface area contributed by atoms with Crippen LogP contribution in [0.4, 0.5) is 8.78 Å². The highest BCUT2D eigenvalue weighted by Crippen LogP contribution is 2.19. The molecule has 1 amide bonds. The summed E-state index contributed by atoms with van der Waals surface area (Å²) in [5.41, 5.74) is 0.482. The molecule has 0 heterocycles. The number of nitrogens with zero attached hydrogens (tertiary/aromatic N) is 1. The van der Waals surface area contributed by atoms with Gasteiger partial charge in [0.1, 0.15) is 0 Å². The molecule has 1 atom stereocenters. The SMILES string of the molecule is CNCCN(C)C(=O)C(C)c1ccc(F)c(F)c1.Cl. The van der Waals surface area contributed by atoms with E-state index in [1.807, 2.05) is 0 Å². The zero-order valence-electron chi connectivity index (χ0n) is 11.2. The number of likely N-dealkylation sites (N-methyl/N-ethyl adjacent to an activating group) is 2. The summed E-state index contributed by atoms with van der Waals surface area (Å²) < 4.78 is 25.9. The smallest absolute Gasteiger partial charge is 0.229 e. The van der Waals surface area contributed by atoms with Crippen molar-refractivity contribution in [1.29, 1.82) is 0 Å². The van der Waals surface area contributed by atoms with E-state index in [0.717, 1.165) is 12.1 Å². The Kier molecular flexibility index (Phi) is 7.56. The van der Waals surface area contributed by atoms with E-state index in [4.69, 9.17) is 0 Å². The van der Waals surface area contributed by atoms with Crippen molar-refractivity contribution < 1.29 is 13.6 Å². The van der Waals surface area contributed by atoms with Crippen LogP contribution in [0.3, 0.4) is 0 Å². The Morgan fingerprint density at radius 1 is 1.37 bits per heavy atom. The highest BCUT2D eigenvalue weighted by atomic mass is 35.5. The van der Waals surface area contributed by atoms with E-state index in [2.05, 4.69) is 5.32 Å². The van der Waals surface area contributed by atoms with E-state index in [1.54, 1.807) is 25.9 Å². The second kappa shape index (κ2) is 8.07.